The van der Waals surface area contributed by atoms with E-state index in [2.05, 4.69) is 0 Å². The van der Waals surface area contributed by atoms with Crippen molar-refractivity contribution < 1.29 is 9.59 Å². The summed E-state index contributed by atoms with van der Waals surface area (Å²) in [6.07, 6.45) is 2.59. The predicted octanol–water partition coefficient (Wildman–Crippen LogP) is 0.320. The summed E-state index contributed by atoms with van der Waals surface area (Å²) in [5.41, 5.74) is 0. The van der Waals surface area contributed by atoms with Gasteiger partial charge in [-0.2, -0.15) is 0 Å². The number of hydrogen-bond acceptors (Lipinski definition) is 2. The molecule has 0 saturated carbocycles. The van der Waals surface area contributed by atoms with Crippen molar-refractivity contribution in [1.82, 2.24) is 4.90 Å². The lowest BCUT2D eigenvalue weighted by molar-refractivity contribution is -0.138. The third-order valence-corrected chi connectivity index (χ3v) is 1.36. The standard InChI is InChI=1S/C7H9NO2/c1-5(2)8-6(9)3-4-7(8)10/h3-5H,1-2H3. The zero-order valence-corrected chi connectivity index (χ0v) is 6.00. The lowest BCUT2D eigenvalue weighted by atomic mass is 10.3. The van der Waals surface area contributed by atoms with Gasteiger partial charge in [0.2, 0.25) is 0 Å². The third kappa shape index (κ3) is 0.943. The Labute approximate surface area is 59.3 Å². The highest BCUT2D eigenvalue weighted by molar-refractivity contribution is 6.13. The van der Waals surface area contributed by atoms with Gasteiger partial charge in [-0.3, -0.25) is 14.5 Å². The van der Waals surface area contributed by atoms with E-state index in [9.17, 15) is 9.59 Å². The summed E-state index contributed by atoms with van der Waals surface area (Å²) in [6.45, 7) is 3.62. The SMILES string of the molecule is CC(C)N1C(=O)C=CC1=O. The Kier molecular flexibility index (Phi) is 1.57. The van der Waals surface area contributed by atoms with Gasteiger partial charge >= 0.3 is 0 Å². The van der Waals surface area contributed by atoms with Gasteiger partial charge in [0.05, 0.1) is 0 Å². The number of nitrogens with zero attached hydrogens (tertiary/aromatic N) is 1. The van der Waals surface area contributed by atoms with Gasteiger partial charge in [0.15, 0.2) is 0 Å². The zero-order chi connectivity index (χ0) is 7.72. The van der Waals surface area contributed by atoms with Crippen LogP contribution in [0.3, 0.4) is 0 Å². The van der Waals surface area contributed by atoms with Crippen LogP contribution in [-0.4, -0.2) is 22.8 Å². The van der Waals surface area contributed by atoms with E-state index >= 15 is 0 Å². The van der Waals surface area contributed by atoms with Crippen molar-refractivity contribution in [2.24, 2.45) is 0 Å². The number of amides is 2. The Morgan fingerprint density at radius 3 is 1.80 bits per heavy atom. The molecular formula is C7H9NO2. The molecule has 0 atom stereocenters. The molecule has 0 N–H and O–H groups in total. The smallest absolute Gasteiger partial charge is 0.253 e. The first kappa shape index (κ1) is 6.99. The van der Waals surface area contributed by atoms with Crippen LogP contribution >= 0.6 is 0 Å². The zero-order valence-electron chi connectivity index (χ0n) is 6.00. The Morgan fingerprint density at radius 1 is 1.20 bits per heavy atom. The molecule has 3 nitrogen and oxygen atoms in total. The molecule has 0 aliphatic carbocycles. The number of rotatable bonds is 1. The molecule has 0 bridgehead atoms. The molecule has 1 aliphatic heterocycles. The van der Waals surface area contributed by atoms with Gasteiger partial charge in [0.1, 0.15) is 0 Å². The highest BCUT2D eigenvalue weighted by atomic mass is 16.2. The minimum absolute atomic E-state index is 0.0324. The summed E-state index contributed by atoms with van der Waals surface area (Å²) in [6, 6.07) is -0.0324. The van der Waals surface area contributed by atoms with Crippen LogP contribution < -0.4 is 0 Å². The molecule has 0 saturated heterocycles. The quantitative estimate of drug-likeness (QED) is 0.490. The van der Waals surface area contributed by atoms with Crippen LogP contribution in [0.2, 0.25) is 0 Å². The van der Waals surface area contributed by atoms with Crippen molar-refractivity contribution in [3.63, 3.8) is 0 Å². The average Bonchev–Trinajstić information content (AvgIpc) is 2.11. The lowest BCUT2D eigenvalue weighted by Gasteiger charge is -2.17. The summed E-state index contributed by atoms with van der Waals surface area (Å²) < 4.78 is 0. The molecule has 54 valence electrons. The monoisotopic (exact) mass is 139 g/mol. The van der Waals surface area contributed by atoms with E-state index in [4.69, 9.17) is 0 Å². The first-order chi connectivity index (χ1) is 4.63. The molecule has 1 aliphatic rings. The molecule has 0 spiro atoms. The van der Waals surface area contributed by atoms with Crippen LogP contribution in [0, 0.1) is 0 Å². The van der Waals surface area contributed by atoms with E-state index in [0.717, 1.165) is 0 Å². The molecule has 0 fully saturated rings. The van der Waals surface area contributed by atoms with E-state index in [-0.39, 0.29) is 17.9 Å². The number of hydrogen-bond donors (Lipinski definition) is 0. The van der Waals surface area contributed by atoms with Crippen molar-refractivity contribution in [3.8, 4) is 0 Å². The van der Waals surface area contributed by atoms with Crippen LogP contribution in [0.1, 0.15) is 13.8 Å². The second kappa shape index (κ2) is 2.25. The molecule has 10 heavy (non-hydrogen) atoms. The van der Waals surface area contributed by atoms with Gasteiger partial charge in [-0.1, -0.05) is 0 Å². The van der Waals surface area contributed by atoms with Crippen molar-refractivity contribution in [2.45, 2.75) is 19.9 Å². The largest absolute Gasteiger partial charge is 0.273 e. The van der Waals surface area contributed by atoms with Crippen LogP contribution in [0.15, 0.2) is 12.2 Å². The highest BCUT2D eigenvalue weighted by Crippen LogP contribution is 2.07. The first-order valence-corrected chi connectivity index (χ1v) is 3.18. The lowest BCUT2D eigenvalue weighted by Crippen LogP contribution is -2.36. The molecule has 0 unspecified atom stereocenters. The fourth-order valence-electron chi connectivity index (χ4n) is 0.921. The summed E-state index contributed by atoms with van der Waals surface area (Å²) in [5.74, 6) is -0.417. The fourth-order valence-corrected chi connectivity index (χ4v) is 0.921. The Bertz CT molecular complexity index is 188. The van der Waals surface area contributed by atoms with Crippen molar-refractivity contribution >= 4 is 11.8 Å². The maximum absolute atomic E-state index is 10.8. The molecule has 1 heterocycles. The minimum atomic E-state index is -0.208. The van der Waals surface area contributed by atoms with E-state index in [0.29, 0.717) is 0 Å². The number of carbonyl (C=O) groups is 2. The molecule has 2 amide bonds. The van der Waals surface area contributed by atoms with Crippen LogP contribution in [0.4, 0.5) is 0 Å². The molecule has 1 rings (SSSR count). The number of carbonyl (C=O) groups excluding carboxylic acids is 2. The van der Waals surface area contributed by atoms with Crippen molar-refractivity contribution in [2.75, 3.05) is 0 Å². The molecule has 0 aromatic carbocycles. The van der Waals surface area contributed by atoms with E-state index in [1.165, 1.54) is 17.1 Å². The molecular weight excluding hydrogens is 130 g/mol. The van der Waals surface area contributed by atoms with Gasteiger partial charge in [-0.15, -0.1) is 0 Å². The maximum Gasteiger partial charge on any atom is 0.253 e. The van der Waals surface area contributed by atoms with Crippen molar-refractivity contribution in [1.29, 1.82) is 0 Å². The van der Waals surface area contributed by atoms with E-state index in [1.807, 2.05) is 13.8 Å². The third-order valence-electron chi connectivity index (χ3n) is 1.36. The van der Waals surface area contributed by atoms with Gasteiger partial charge in [0, 0.05) is 18.2 Å². The highest BCUT2D eigenvalue weighted by Gasteiger charge is 2.25. The topological polar surface area (TPSA) is 37.4 Å². The molecule has 0 aromatic heterocycles. The molecule has 0 radical (unpaired) electrons. The fraction of sp³-hybridized carbons (Fsp3) is 0.429. The Balaban J connectivity index is 2.79. The predicted molar refractivity (Wildman–Crippen MR) is 36.1 cm³/mol. The normalized spacial score (nSPS) is 17.7. The van der Waals surface area contributed by atoms with Crippen LogP contribution in [0.25, 0.3) is 0 Å². The van der Waals surface area contributed by atoms with Crippen molar-refractivity contribution in [3.05, 3.63) is 12.2 Å². The Morgan fingerprint density at radius 2 is 1.60 bits per heavy atom. The second-order valence-corrected chi connectivity index (χ2v) is 2.47. The summed E-state index contributed by atoms with van der Waals surface area (Å²) >= 11 is 0. The summed E-state index contributed by atoms with van der Waals surface area (Å²) in [4.78, 5) is 22.9. The van der Waals surface area contributed by atoms with E-state index in [1.54, 1.807) is 0 Å². The van der Waals surface area contributed by atoms with E-state index < -0.39 is 0 Å². The van der Waals surface area contributed by atoms with Crippen LogP contribution in [-0.2, 0) is 9.59 Å². The van der Waals surface area contributed by atoms with Gasteiger partial charge in [-0.25, -0.2) is 0 Å². The average molecular weight is 139 g/mol. The van der Waals surface area contributed by atoms with Gasteiger partial charge in [0.25, 0.3) is 11.8 Å². The minimum Gasteiger partial charge on any atom is -0.273 e. The molecule has 0 aromatic rings. The maximum atomic E-state index is 10.8. The van der Waals surface area contributed by atoms with Gasteiger partial charge < -0.3 is 0 Å². The van der Waals surface area contributed by atoms with Crippen LogP contribution in [0.5, 0.6) is 0 Å². The second-order valence-electron chi connectivity index (χ2n) is 2.47. The summed E-state index contributed by atoms with van der Waals surface area (Å²) in [5, 5.41) is 0. The summed E-state index contributed by atoms with van der Waals surface area (Å²) in [7, 11) is 0. The molecule has 3 heteroatoms. The number of imide groups is 1. The Hall–Kier alpha value is -1.12. The first-order valence-electron chi connectivity index (χ1n) is 3.18. The van der Waals surface area contributed by atoms with Gasteiger partial charge in [-0.05, 0) is 13.8 Å².